The molecule has 7 nitrogen and oxygen atoms in total. The summed E-state index contributed by atoms with van der Waals surface area (Å²) in [4.78, 5) is 40.4. The number of carbonyl (C=O) groups excluding carboxylic acids is 3. The van der Waals surface area contributed by atoms with Crippen LogP contribution in [0.25, 0.3) is 0 Å². The zero-order valence-corrected chi connectivity index (χ0v) is 17.3. The number of hydrogen-bond donors (Lipinski definition) is 1. The Bertz CT molecular complexity index is 712. The number of nitrogens with zero attached hydrogens (tertiary/aromatic N) is 2. The van der Waals surface area contributed by atoms with Crippen molar-refractivity contribution in [2.45, 2.75) is 46.1 Å². The van der Waals surface area contributed by atoms with Crippen molar-refractivity contribution in [1.82, 2.24) is 15.1 Å². The molecule has 3 amide bonds. The van der Waals surface area contributed by atoms with E-state index in [1.807, 2.05) is 31.2 Å². The van der Waals surface area contributed by atoms with E-state index in [9.17, 15) is 14.4 Å². The minimum Gasteiger partial charge on any atom is -0.444 e. The van der Waals surface area contributed by atoms with E-state index in [-0.39, 0.29) is 24.8 Å². The van der Waals surface area contributed by atoms with Gasteiger partial charge in [0.1, 0.15) is 5.60 Å². The summed E-state index contributed by atoms with van der Waals surface area (Å²) in [5.74, 6) is -0.0227. The second-order valence-electron chi connectivity index (χ2n) is 8.07. The van der Waals surface area contributed by atoms with Crippen molar-refractivity contribution in [3.8, 4) is 0 Å². The maximum absolute atomic E-state index is 12.7. The van der Waals surface area contributed by atoms with Crippen LogP contribution in [-0.4, -0.2) is 66.0 Å². The first-order valence-electron chi connectivity index (χ1n) is 9.76. The topological polar surface area (TPSA) is 79.0 Å². The van der Waals surface area contributed by atoms with Crippen molar-refractivity contribution in [3.05, 3.63) is 35.4 Å². The van der Waals surface area contributed by atoms with Crippen LogP contribution in [0.2, 0.25) is 0 Å². The van der Waals surface area contributed by atoms with Crippen LogP contribution < -0.4 is 5.32 Å². The van der Waals surface area contributed by atoms with Gasteiger partial charge in [0.2, 0.25) is 5.91 Å². The van der Waals surface area contributed by atoms with Crippen LogP contribution in [-0.2, 0) is 9.53 Å². The Kier molecular flexibility index (Phi) is 7.43. The van der Waals surface area contributed by atoms with Gasteiger partial charge in [-0.05, 0) is 46.2 Å². The van der Waals surface area contributed by atoms with E-state index < -0.39 is 11.7 Å². The van der Waals surface area contributed by atoms with Crippen LogP contribution in [0.15, 0.2) is 24.3 Å². The predicted octanol–water partition coefficient (Wildman–Crippen LogP) is 2.58. The van der Waals surface area contributed by atoms with Crippen molar-refractivity contribution in [1.29, 1.82) is 0 Å². The highest BCUT2D eigenvalue weighted by molar-refractivity contribution is 5.94. The molecule has 1 aliphatic heterocycles. The molecule has 0 radical (unpaired) electrons. The first-order valence-corrected chi connectivity index (χ1v) is 9.76. The largest absolute Gasteiger partial charge is 0.444 e. The van der Waals surface area contributed by atoms with Crippen LogP contribution in [0.4, 0.5) is 4.79 Å². The fourth-order valence-electron chi connectivity index (χ4n) is 3.07. The second-order valence-corrected chi connectivity index (χ2v) is 8.07. The molecule has 1 N–H and O–H groups in total. The fourth-order valence-corrected chi connectivity index (χ4v) is 3.07. The Morgan fingerprint density at radius 2 is 1.75 bits per heavy atom. The van der Waals surface area contributed by atoms with Gasteiger partial charge in [-0.15, -0.1) is 0 Å². The van der Waals surface area contributed by atoms with E-state index in [2.05, 4.69) is 5.32 Å². The van der Waals surface area contributed by atoms with Crippen molar-refractivity contribution in [2.75, 3.05) is 32.7 Å². The molecule has 1 aliphatic rings. The summed E-state index contributed by atoms with van der Waals surface area (Å²) in [5, 5.41) is 2.61. The van der Waals surface area contributed by atoms with Gasteiger partial charge in [0, 0.05) is 44.7 Å². The lowest BCUT2D eigenvalue weighted by molar-refractivity contribution is -0.130. The molecule has 0 saturated carbocycles. The monoisotopic (exact) mass is 389 g/mol. The molecule has 0 atom stereocenters. The average Bonchev–Trinajstić information content (AvgIpc) is 2.85. The molecular formula is C21H31N3O4. The number of rotatable bonds is 4. The number of aryl methyl sites for hydroxylation is 1. The number of hydrogen-bond acceptors (Lipinski definition) is 4. The number of alkyl carbamates (subject to hydrolysis) is 1. The number of benzene rings is 1. The summed E-state index contributed by atoms with van der Waals surface area (Å²) >= 11 is 0. The Balaban J connectivity index is 1.80. The van der Waals surface area contributed by atoms with Crippen molar-refractivity contribution >= 4 is 17.9 Å². The van der Waals surface area contributed by atoms with Gasteiger partial charge < -0.3 is 19.9 Å². The number of ether oxygens (including phenoxy) is 1. The molecule has 1 aromatic carbocycles. The van der Waals surface area contributed by atoms with Crippen molar-refractivity contribution in [3.63, 3.8) is 0 Å². The van der Waals surface area contributed by atoms with E-state index in [1.54, 1.807) is 30.6 Å². The zero-order valence-electron chi connectivity index (χ0n) is 17.3. The third-order valence-electron chi connectivity index (χ3n) is 4.41. The van der Waals surface area contributed by atoms with Crippen LogP contribution in [0.5, 0.6) is 0 Å². The highest BCUT2D eigenvalue weighted by Gasteiger charge is 2.23. The predicted molar refractivity (Wildman–Crippen MR) is 107 cm³/mol. The third kappa shape index (κ3) is 6.87. The van der Waals surface area contributed by atoms with Crippen LogP contribution >= 0.6 is 0 Å². The van der Waals surface area contributed by atoms with Crippen LogP contribution in [0.1, 0.15) is 49.5 Å². The average molecular weight is 389 g/mol. The standard InChI is InChI=1S/C21H31N3O4/c1-16-7-5-8-17(15-16)19(26)24-12-6-11-23(13-14-24)18(25)9-10-22-20(27)28-21(2,3)4/h5,7-8,15H,6,9-14H2,1-4H3,(H,22,27). The molecule has 0 unspecified atom stereocenters. The lowest BCUT2D eigenvalue weighted by Crippen LogP contribution is -2.39. The van der Waals surface area contributed by atoms with Crippen LogP contribution in [0.3, 0.4) is 0 Å². The zero-order chi connectivity index (χ0) is 20.7. The second kappa shape index (κ2) is 9.57. The molecule has 28 heavy (non-hydrogen) atoms. The number of carbonyl (C=O) groups is 3. The number of amides is 3. The molecule has 0 bridgehead atoms. The summed E-state index contributed by atoms with van der Waals surface area (Å²) in [5.41, 5.74) is 1.17. The maximum Gasteiger partial charge on any atom is 0.407 e. The molecule has 1 aromatic rings. The minimum atomic E-state index is -0.563. The van der Waals surface area contributed by atoms with Gasteiger partial charge in [0.15, 0.2) is 0 Å². The fraction of sp³-hybridized carbons (Fsp3) is 0.571. The molecule has 0 aliphatic carbocycles. The molecule has 2 rings (SSSR count). The van der Waals surface area contributed by atoms with Gasteiger partial charge in [-0.2, -0.15) is 0 Å². The quantitative estimate of drug-likeness (QED) is 0.858. The normalized spacial score (nSPS) is 15.0. The van der Waals surface area contributed by atoms with E-state index in [4.69, 9.17) is 4.74 Å². The Hall–Kier alpha value is -2.57. The highest BCUT2D eigenvalue weighted by Crippen LogP contribution is 2.12. The molecular weight excluding hydrogens is 358 g/mol. The van der Waals surface area contributed by atoms with Gasteiger partial charge in [-0.1, -0.05) is 17.7 Å². The summed E-state index contributed by atoms with van der Waals surface area (Å²) in [7, 11) is 0. The smallest absolute Gasteiger partial charge is 0.407 e. The number of nitrogens with one attached hydrogen (secondary N) is 1. The molecule has 154 valence electrons. The van der Waals surface area contributed by atoms with E-state index in [0.29, 0.717) is 31.7 Å². The summed E-state index contributed by atoms with van der Waals surface area (Å²) in [6.45, 7) is 9.83. The SMILES string of the molecule is Cc1cccc(C(=O)N2CCCN(C(=O)CCNC(=O)OC(C)(C)C)CC2)c1. The van der Waals surface area contributed by atoms with Gasteiger partial charge in [-0.3, -0.25) is 9.59 Å². The van der Waals surface area contributed by atoms with Gasteiger partial charge >= 0.3 is 6.09 Å². The maximum atomic E-state index is 12.7. The molecule has 1 fully saturated rings. The minimum absolute atomic E-state index is 0.00425. The van der Waals surface area contributed by atoms with E-state index in [1.165, 1.54) is 0 Å². The first-order chi connectivity index (χ1) is 13.2. The molecule has 0 aromatic heterocycles. The van der Waals surface area contributed by atoms with Gasteiger partial charge in [-0.25, -0.2) is 4.79 Å². The molecule has 1 saturated heterocycles. The highest BCUT2D eigenvalue weighted by atomic mass is 16.6. The molecule has 1 heterocycles. The van der Waals surface area contributed by atoms with E-state index >= 15 is 0 Å². The summed E-state index contributed by atoms with van der Waals surface area (Å²) in [6, 6.07) is 7.56. The first kappa shape index (κ1) is 21.7. The third-order valence-corrected chi connectivity index (χ3v) is 4.41. The van der Waals surface area contributed by atoms with Crippen molar-refractivity contribution < 1.29 is 19.1 Å². The molecule has 7 heteroatoms. The van der Waals surface area contributed by atoms with Gasteiger partial charge in [0.25, 0.3) is 5.91 Å². The van der Waals surface area contributed by atoms with Crippen LogP contribution in [0, 0.1) is 6.92 Å². The Labute approximate surface area is 167 Å². The summed E-state index contributed by atoms with van der Waals surface area (Å²) in [6.07, 6.45) is 0.430. The van der Waals surface area contributed by atoms with E-state index in [0.717, 1.165) is 12.0 Å². The van der Waals surface area contributed by atoms with Crippen molar-refractivity contribution in [2.24, 2.45) is 0 Å². The molecule has 0 spiro atoms. The Morgan fingerprint density at radius 1 is 1.07 bits per heavy atom. The lowest BCUT2D eigenvalue weighted by Gasteiger charge is -2.23. The van der Waals surface area contributed by atoms with Gasteiger partial charge in [0.05, 0.1) is 0 Å². The lowest BCUT2D eigenvalue weighted by atomic mass is 10.1. The summed E-state index contributed by atoms with van der Waals surface area (Å²) < 4.78 is 5.16. The Morgan fingerprint density at radius 3 is 2.43 bits per heavy atom.